The van der Waals surface area contributed by atoms with Gasteiger partial charge >= 0.3 is 5.97 Å². The fraction of sp³-hybridized carbons (Fsp3) is 0.300. The minimum atomic E-state index is -0.540. The Bertz CT molecular complexity index is 506. The smallest absolute Gasteiger partial charge is 0.327 e. The van der Waals surface area contributed by atoms with E-state index in [0.29, 0.717) is 17.0 Å². The molecule has 0 radical (unpaired) electrons. The molecule has 0 spiro atoms. The third-order valence-corrected chi connectivity index (χ3v) is 2.40. The molecule has 0 aliphatic carbocycles. The topological polar surface area (TPSA) is 84.7 Å². The molecule has 0 atom stereocenters. The molecule has 1 N–H and O–H groups in total. The monoisotopic (exact) mass is 237 g/mol. The number of aromatic nitrogens is 1. The summed E-state index contributed by atoms with van der Waals surface area (Å²) in [5.41, 5.74) is 3.85. The minimum Gasteiger partial charge on any atom is -0.468 e. The zero-order valence-corrected chi connectivity index (χ0v) is 9.44. The molecule has 7 nitrogen and oxygen atoms in total. The second kappa shape index (κ2) is 3.93. The maximum atomic E-state index is 11.9. The number of rotatable bonds is 2. The van der Waals surface area contributed by atoms with Gasteiger partial charge in [-0.25, -0.2) is 5.01 Å². The van der Waals surface area contributed by atoms with E-state index in [-0.39, 0.29) is 12.2 Å². The Morgan fingerprint density at radius 3 is 3.00 bits per heavy atom. The number of carbonyl (C=O) groups is 2. The van der Waals surface area contributed by atoms with Gasteiger partial charge in [0, 0.05) is 0 Å². The van der Waals surface area contributed by atoms with E-state index in [0.717, 1.165) is 5.01 Å². The molecule has 1 amide bonds. The van der Waals surface area contributed by atoms with E-state index < -0.39 is 11.9 Å². The van der Waals surface area contributed by atoms with Crippen LogP contribution >= 0.6 is 0 Å². The van der Waals surface area contributed by atoms with Crippen LogP contribution in [0.25, 0.3) is 5.70 Å². The van der Waals surface area contributed by atoms with Gasteiger partial charge in [-0.2, -0.15) is 0 Å². The van der Waals surface area contributed by atoms with Crippen molar-refractivity contribution in [3.05, 3.63) is 23.6 Å². The number of hydrazine groups is 1. The van der Waals surface area contributed by atoms with Gasteiger partial charge in [0.15, 0.2) is 5.69 Å². The van der Waals surface area contributed by atoms with E-state index in [2.05, 4.69) is 21.9 Å². The number of carbonyl (C=O) groups excluding carboxylic acids is 2. The molecule has 0 saturated heterocycles. The van der Waals surface area contributed by atoms with Crippen molar-refractivity contribution >= 4 is 17.6 Å². The van der Waals surface area contributed by atoms with Crippen LogP contribution in [0.4, 0.5) is 0 Å². The highest BCUT2D eigenvalue weighted by atomic mass is 16.5. The molecule has 0 aromatic carbocycles. The second-order valence-corrected chi connectivity index (χ2v) is 3.52. The van der Waals surface area contributed by atoms with Crippen LogP contribution in [0.15, 0.2) is 11.1 Å². The molecule has 0 saturated carbocycles. The highest BCUT2D eigenvalue weighted by Gasteiger charge is 2.33. The molecule has 2 heterocycles. The van der Waals surface area contributed by atoms with Gasteiger partial charge in [0.25, 0.3) is 5.91 Å². The average molecular weight is 237 g/mol. The van der Waals surface area contributed by atoms with E-state index in [4.69, 9.17) is 4.52 Å². The molecule has 1 aromatic heterocycles. The summed E-state index contributed by atoms with van der Waals surface area (Å²) in [5.74, 6) is -0.486. The molecule has 7 heteroatoms. The molecule has 1 aliphatic rings. The predicted octanol–water partition coefficient (Wildman–Crippen LogP) is 0.0871. The highest BCUT2D eigenvalue weighted by molar-refractivity contribution is 6.01. The third kappa shape index (κ3) is 1.75. The van der Waals surface area contributed by atoms with Gasteiger partial charge in [-0.3, -0.25) is 15.0 Å². The summed E-state index contributed by atoms with van der Waals surface area (Å²) in [6.45, 7) is 5.21. The second-order valence-electron chi connectivity index (χ2n) is 3.52. The van der Waals surface area contributed by atoms with Crippen molar-refractivity contribution in [2.75, 3.05) is 13.7 Å². The summed E-state index contributed by atoms with van der Waals surface area (Å²) in [6.07, 6.45) is 0. The Labute approximate surface area is 97.0 Å². The van der Waals surface area contributed by atoms with Crippen molar-refractivity contribution in [1.82, 2.24) is 15.6 Å². The maximum Gasteiger partial charge on any atom is 0.327 e. The van der Waals surface area contributed by atoms with Gasteiger partial charge in [0.1, 0.15) is 12.3 Å². The molecule has 1 aliphatic heterocycles. The van der Waals surface area contributed by atoms with Gasteiger partial charge in [0.2, 0.25) is 0 Å². The van der Waals surface area contributed by atoms with Crippen LogP contribution in [0, 0.1) is 6.92 Å². The lowest BCUT2D eigenvalue weighted by Crippen LogP contribution is -2.48. The summed E-state index contributed by atoms with van der Waals surface area (Å²) in [4.78, 5) is 23.0. The standard InChI is InChI=1S/C10H11N3O4/c1-5-8-6(2)17-12-9(8)10(15)13(11-5)4-7(14)16-3/h11H,1,4H2,2-3H3. The largest absolute Gasteiger partial charge is 0.468 e. The number of amides is 1. The first kappa shape index (κ1) is 11.2. The summed E-state index contributed by atoms with van der Waals surface area (Å²) < 4.78 is 9.41. The molecular formula is C10H11N3O4. The Kier molecular flexibility index (Phi) is 2.58. The van der Waals surface area contributed by atoms with Crippen molar-refractivity contribution in [3.63, 3.8) is 0 Å². The lowest BCUT2D eigenvalue weighted by Gasteiger charge is -2.27. The number of esters is 1. The zero-order chi connectivity index (χ0) is 12.6. The number of nitrogens with one attached hydrogen (secondary N) is 1. The minimum absolute atomic E-state index is 0.148. The van der Waals surface area contributed by atoms with Crippen LogP contribution in [0.5, 0.6) is 0 Å². The number of hydrogen-bond acceptors (Lipinski definition) is 6. The lowest BCUT2D eigenvalue weighted by molar-refractivity contribution is -0.141. The molecule has 2 rings (SSSR count). The number of hydrogen-bond donors (Lipinski definition) is 1. The third-order valence-electron chi connectivity index (χ3n) is 2.40. The number of methoxy groups -OCH3 is 1. The zero-order valence-electron chi connectivity index (χ0n) is 9.44. The van der Waals surface area contributed by atoms with E-state index in [1.807, 2.05) is 0 Å². The SMILES string of the molecule is C=C1NN(CC(=O)OC)C(=O)c2noc(C)c21. The van der Waals surface area contributed by atoms with E-state index in [9.17, 15) is 9.59 Å². The van der Waals surface area contributed by atoms with Crippen LogP contribution in [0.1, 0.15) is 21.8 Å². The Hall–Kier alpha value is -2.31. The van der Waals surface area contributed by atoms with Gasteiger partial charge in [0.05, 0.1) is 18.4 Å². The Balaban J connectivity index is 2.30. The molecule has 90 valence electrons. The summed E-state index contributed by atoms with van der Waals surface area (Å²) in [5, 5.41) is 4.73. The number of fused-ring (bicyclic) bond motifs is 1. The van der Waals surface area contributed by atoms with Gasteiger partial charge < -0.3 is 9.26 Å². The summed E-state index contributed by atoms with van der Waals surface area (Å²) in [6, 6.07) is 0. The van der Waals surface area contributed by atoms with E-state index in [1.165, 1.54) is 7.11 Å². The van der Waals surface area contributed by atoms with Gasteiger partial charge in [-0.05, 0) is 6.92 Å². The van der Waals surface area contributed by atoms with Crippen molar-refractivity contribution < 1.29 is 18.8 Å². The van der Waals surface area contributed by atoms with Gasteiger partial charge in [-0.15, -0.1) is 0 Å². The maximum absolute atomic E-state index is 11.9. The van der Waals surface area contributed by atoms with Crippen LogP contribution in [0.2, 0.25) is 0 Å². The molecule has 0 bridgehead atoms. The average Bonchev–Trinajstić information content (AvgIpc) is 2.68. The Morgan fingerprint density at radius 2 is 2.35 bits per heavy atom. The quantitative estimate of drug-likeness (QED) is 0.733. The lowest BCUT2D eigenvalue weighted by atomic mass is 10.1. The molecule has 0 fully saturated rings. The first-order valence-electron chi connectivity index (χ1n) is 4.85. The van der Waals surface area contributed by atoms with E-state index in [1.54, 1.807) is 6.92 Å². The highest BCUT2D eigenvalue weighted by Crippen LogP contribution is 2.25. The van der Waals surface area contributed by atoms with Crippen LogP contribution in [0.3, 0.4) is 0 Å². The molecule has 0 unspecified atom stereocenters. The van der Waals surface area contributed by atoms with Crippen molar-refractivity contribution in [2.45, 2.75) is 6.92 Å². The van der Waals surface area contributed by atoms with Crippen LogP contribution < -0.4 is 5.43 Å². The first-order valence-corrected chi connectivity index (χ1v) is 4.85. The Morgan fingerprint density at radius 1 is 1.65 bits per heavy atom. The first-order chi connectivity index (χ1) is 8.04. The molecular weight excluding hydrogens is 226 g/mol. The van der Waals surface area contributed by atoms with E-state index >= 15 is 0 Å². The predicted molar refractivity (Wildman–Crippen MR) is 56.5 cm³/mol. The number of nitrogens with zero attached hydrogens (tertiary/aromatic N) is 2. The summed E-state index contributed by atoms with van der Waals surface area (Å²) >= 11 is 0. The fourth-order valence-electron chi connectivity index (χ4n) is 1.58. The number of aryl methyl sites for hydroxylation is 1. The van der Waals surface area contributed by atoms with Crippen molar-refractivity contribution in [3.8, 4) is 0 Å². The van der Waals surface area contributed by atoms with Crippen LogP contribution in [-0.2, 0) is 9.53 Å². The normalized spacial score (nSPS) is 14.4. The van der Waals surface area contributed by atoms with Crippen molar-refractivity contribution in [2.24, 2.45) is 0 Å². The number of ether oxygens (including phenoxy) is 1. The van der Waals surface area contributed by atoms with Crippen molar-refractivity contribution in [1.29, 1.82) is 0 Å². The van der Waals surface area contributed by atoms with Crippen LogP contribution in [-0.4, -0.2) is 35.7 Å². The van der Waals surface area contributed by atoms with Gasteiger partial charge in [-0.1, -0.05) is 11.7 Å². The fourth-order valence-corrected chi connectivity index (χ4v) is 1.58. The molecule has 17 heavy (non-hydrogen) atoms. The summed E-state index contributed by atoms with van der Waals surface area (Å²) in [7, 11) is 1.25. The molecule has 1 aromatic rings.